The molecule has 2 aromatic rings. The number of aromatic amines is 1. The largest absolute Gasteiger partial charge is 0.286 e. The second-order valence-corrected chi connectivity index (χ2v) is 6.51. The number of aromatic nitrogens is 6. The zero-order chi connectivity index (χ0) is 15.5. The number of nitrogens with one attached hydrogen (secondary N) is 1. The van der Waals surface area contributed by atoms with Crippen molar-refractivity contribution in [3.63, 3.8) is 0 Å². The first-order valence-electron chi connectivity index (χ1n) is 8.13. The molecule has 22 heavy (non-hydrogen) atoms. The minimum atomic E-state index is 0.280. The van der Waals surface area contributed by atoms with Gasteiger partial charge in [-0.2, -0.15) is 10.2 Å². The summed E-state index contributed by atoms with van der Waals surface area (Å²) in [5.41, 5.74) is 0. The van der Waals surface area contributed by atoms with Gasteiger partial charge in [-0.05, 0) is 32.2 Å². The minimum Gasteiger partial charge on any atom is -0.286 e. The van der Waals surface area contributed by atoms with Gasteiger partial charge in [0.05, 0.1) is 12.6 Å². The number of hydrogen-bond donors (Lipinski definition) is 1. The van der Waals surface area contributed by atoms with Gasteiger partial charge in [0.15, 0.2) is 5.82 Å². The van der Waals surface area contributed by atoms with Crippen molar-refractivity contribution in [2.45, 2.75) is 59.2 Å². The fourth-order valence-corrected chi connectivity index (χ4v) is 3.07. The summed E-state index contributed by atoms with van der Waals surface area (Å²) in [7, 11) is 0. The van der Waals surface area contributed by atoms with Crippen LogP contribution in [0.4, 0.5) is 0 Å². The van der Waals surface area contributed by atoms with E-state index >= 15 is 0 Å². The van der Waals surface area contributed by atoms with E-state index in [4.69, 9.17) is 0 Å². The Kier molecular flexibility index (Phi) is 4.52. The van der Waals surface area contributed by atoms with E-state index in [9.17, 15) is 0 Å². The van der Waals surface area contributed by atoms with Gasteiger partial charge in [0.2, 0.25) is 0 Å². The van der Waals surface area contributed by atoms with Gasteiger partial charge in [-0.15, -0.1) is 0 Å². The highest BCUT2D eigenvalue weighted by Crippen LogP contribution is 2.29. The number of rotatable bonds is 5. The van der Waals surface area contributed by atoms with Crippen molar-refractivity contribution in [2.24, 2.45) is 5.92 Å². The molecule has 3 heterocycles. The summed E-state index contributed by atoms with van der Waals surface area (Å²) in [4.78, 5) is 11.4. The highest BCUT2D eigenvalue weighted by atomic mass is 15.4. The van der Waals surface area contributed by atoms with E-state index in [1.807, 2.05) is 11.6 Å². The number of hydrogen-bond acceptors (Lipinski definition) is 5. The van der Waals surface area contributed by atoms with E-state index in [1.54, 1.807) is 6.33 Å². The predicted octanol–water partition coefficient (Wildman–Crippen LogP) is 2.09. The molecule has 0 radical (unpaired) electrons. The number of nitrogens with zero attached hydrogens (tertiary/aromatic N) is 6. The standard InChI is InChI=1S/C15H25N7/c1-11(2)8-22-14(16-10-17-22)9-21-7-5-4-6-13(21)15-18-12(3)19-20-15/h10-11,13H,4-9H2,1-3H3,(H,18,19,20)/t13-/m1/s1. The molecule has 1 saturated heterocycles. The molecule has 0 aliphatic carbocycles. The van der Waals surface area contributed by atoms with Gasteiger partial charge < -0.3 is 0 Å². The second kappa shape index (κ2) is 6.56. The van der Waals surface area contributed by atoms with Crippen LogP contribution in [0.5, 0.6) is 0 Å². The molecule has 3 rings (SSSR count). The van der Waals surface area contributed by atoms with Crippen LogP contribution >= 0.6 is 0 Å². The molecule has 1 N–H and O–H groups in total. The first kappa shape index (κ1) is 15.1. The molecular weight excluding hydrogens is 278 g/mol. The number of H-pyrrole nitrogens is 1. The lowest BCUT2D eigenvalue weighted by atomic mass is 10.0. The second-order valence-electron chi connectivity index (χ2n) is 6.51. The van der Waals surface area contributed by atoms with Crippen molar-refractivity contribution in [3.05, 3.63) is 23.8 Å². The minimum absolute atomic E-state index is 0.280. The molecule has 1 aliphatic rings. The summed E-state index contributed by atoms with van der Waals surface area (Å²) in [5.74, 6) is 3.39. The van der Waals surface area contributed by atoms with Gasteiger partial charge in [-0.1, -0.05) is 20.3 Å². The first-order valence-corrected chi connectivity index (χ1v) is 8.13. The Balaban J connectivity index is 1.76. The van der Waals surface area contributed by atoms with Crippen LogP contribution in [0.2, 0.25) is 0 Å². The van der Waals surface area contributed by atoms with Crippen LogP contribution in [0.1, 0.15) is 56.6 Å². The predicted molar refractivity (Wildman–Crippen MR) is 83.0 cm³/mol. The number of aryl methyl sites for hydroxylation is 1. The summed E-state index contributed by atoms with van der Waals surface area (Å²) in [6.07, 6.45) is 5.22. The molecule has 7 nitrogen and oxygen atoms in total. The molecule has 0 saturated carbocycles. The molecule has 7 heteroatoms. The van der Waals surface area contributed by atoms with Gasteiger partial charge in [0, 0.05) is 6.54 Å². The molecular formula is C15H25N7. The maximum atomic E-state index is 4.53. The van der Waals surface area contributed by atoms with Crippen molar-refractivity contribution < 1.29 is 0 Å². The molecule has 2 aromatic heterocycles. The Bertz CT molecular complexity index is 601. The lowest BCUT2D eigenvalue weighted by molar-refractivity contribution is 0.128. The van der Waals surface area contributed by atoms with Crippen molar-refractivity contribution >= 4 is 0 Å². The average molecular weight is 303 g/mol. The summed E-state index contributed by atoms with van der Waals surface area (Å²) in [5, 5.41) is 11.7. The van der Waals surface area contributed by atoms with Crippen molar-refractivity contribution in [3.8, 4) is 0 Å². The summed E-state index contributed by atoms with van der Waals surface area (Å²) in [6, 6.07) is 0.280. The van der Waals surface area contributed by atoms with Crippen molar-refractivity contribution in [2.75, 3.05) is 6.54 Å². The van der Waals surface area contributed by atoms with Crippen LogP contribution in [-0.4, -0.2) is 41.4 Å². The average Bonchev–Trinajstić information content (AvgIpc) is 3.09. The lowest BCUT2D eigenvalue weighted by Crippen LogP contribution is -2.34. The Morgan fingerprint density at radius 3 is 2.95 bits per heavy atom. The summed E-state index contributed by atoms with van der Waals surface area (Å²) in [6.45, 7) is 9.13. The van der Waals surface area contributed by atoms with Gasteiger partial charge in [-0.3, -0.25) is 10.00 Å². The Morgan fingerprint density at radius 1 is 1.36 bits per heavy atom. The normalized spacial score (nSPS) is 19.9. The maximum Gasteiger partial charge on any atom is 0.167 e. The van der Waals surface area contributed by atoms with Crippen LogP contribution < -0.4 is 0 Å². The number of likely N-dealkylation sites (tertiary alicyclic amines) is 1. The lowest BCUT2D eigenvalue weighted by Gasteiger charge is -2.33. The van der Waals surface area contributed by atoms with Crippen LogP contribution in [-0.2, 0) is 13.1 Å². The highest BCUT2D eigenvalue weighted by Gasteiger charge is 2.28. The molecule has 0 aromatic carbocycles. The Morgan fingerprint density at radius 2 is 2.23 bits per heavy atom. The van der Waals surface area contributed by atoms with Crippen molar-refractivity contribution in [1.82, 2.24) is 34.8 Å². The molecule has 0 unspecified atom stereocenters. The Hall–Kier alpha value is -1.76. The molecule has 1 atom stereocenters. The first-order chi connectivity index (χ1) is 10.6. The van der Waals surface area contributed by atoms with Crippen LogP contribution in [0.25, 0.3) is 0 Å². The fraction of sp³-hybridized carbons (Fsp3) is 0.733. The van der Waals surface area contributed by atoms with E-state index < -0.39 is 0 Å². The third kappa shape index (κ3) is 3.35. The topological polar surface area (TPSA) is 75.5 Å². The third-order valence-corrected chi connectivity index (χ3v) is 4.10. The van der Waals surface area contributed by atoms with E-state index in [0.29, 0.717) is 5.92 Å². The van der Waals surface area contributed by atoms with Gasteiger partial charge in [0.25, 0.3) is 0 Å². The van der Waals surface area contributed by atoms with Gasteiger partial charge in [-0.25, -0.2) is 14.6 Å². The smallest absolute Gasteiger partial charge is 0.167 e. The quantitative estimate of drug-likeness (QED) is 0.915. The fourth-order valence-electron chi connectivity index (χ4n) is 3.07. The molecule has 0 spiro atoms. The molecule has 1 fully saturated rings. The maximum absolute atomic E-state index is 4.53. The van der Waals surface area contributed by atoms with Gasteiger partial charge >= 0.3 is 0 Å². The molecule has 0 bridgehead atoms. The van der Waals surface area contributed by atoms with E-state index in [-0.39, 0.29) is 6.04 Å². The van der Waals surface area contributed by atoms with E-state index in [1.165, 1.54) is 12.8 Å². The van der Waals surface area contributed by atoms with Crippen molar-refractivity contribution in [1.29, 1.82) is 0 Å². The van der Waals surface area contributed by atoms with Crippen LogP contribution in [0.15, 0.2) is 6.33 Å². The molecule has 1 aliphatic heterocycles. The van der Waals surface area contributed by atoms with E-state index in [2.05, 4.69) is 44.0 Å². The van der Waals surface area contributed by atoms with Crippen LogP contribution in [0.3, 0.4) is 0 Å². The van der Waals surface area contributed by atoms with E-state index in [0.717, 1.165) is 43.5 Å². The third-order valence-electron chi connectivity index (χ3n) is 4.10. The summed E-state index contributed by atoms with van der Waals surface area (Å²) >= 11 is 0. The summed E-state index contributed by atoms with van der Waals surface area (Å²) < 4.78 is 2.03. The zero-order valence-corrected chi connectivity index (χ0v) is 13.7. The number of piperidine rings is 1. The Labute approximate surface area is 131 Å². The molecule has 120 valence electrons. The molecule has 0 amide bonds. The SMILES string of the molecule is Cc1nc([C@H]2CCCCN2Cc2ncnn2CC(C)C)n[nH]1. The van der Waals surface area contributed by atoms with Gasteiger partial charge in [0.1, 0.15) is 18.0 Å². The highest BCUT2D eigenvalue weighted by molar-refractivity contribution is 4.99. The zero-order valence-electron chi connectivity index (χ0n) is 13.7. The monoisotopic (exact) mass is 303 g/mol. The van der Waals surface area contributed by atoms with Crippen LogP contribution in [0, 0.1) is 12.8 Å².